The van der Waals surface area contributed by atoms with Gasteiger partial charge in [0.25, 0.3) is 5.91 Å². The highest BCUT2D eigenvalue weighted by Crippen LogP contribution is 2.28. The van der Waals surface area contributed by atoms with E-state index in [0.29, 0.717) is 31.4 Å². The summed E-state index contributed by atoms with van der Waals surface area (Å²) in [4.78, 5) is 23.9. The molecule has 2 N–H and O–H groups in total. The van der Waals surface area contributed by atoms with Crippen molar-refractivity contribution in [3.8, 4) is 0 Å². The van der Waals surface area contributed by atoms with Crippen LogP contribution in [0.4, 0.5) is 28.0 Å². The molecule has 0 aromatic heterocycles. The van der Waals surface area contributed by atoms with E-state index in [-0.39, 0.29) is 18.7 Å². The molecule has 3 rings (SSSR count). The number of nitrogens with zero attached hydrogens (tertiary/aromatic N) is 1. The molecule has 202 valence electrons. The van der Waals surface area contributed by atoms with Gasteiger partial charge in [0.2, 0.25) is 10.0 Å². The average Bonchev–Trinajstić information content (AvgIpc) is 2.80. The van der Waals surface area contributed by atoms with E-state index in [9.17, 15) is 35.6 Å². The van der Waals surface area contributed by atoms with Crippen LogP contribution in [0.2, 0.25) is 0 Å². The molecule has 0 radical (unpaired) electrons. The Morgan fingerprint density at radius 2 is 1.68 bits per heavy atom. The number of carbonyl (C=O) groups excluding carboxylic acids is 2. The second kappa shape index (κ2) is 11.1. The van der Waals surface area contributed by atoms with Crippen LogP contribution in [0.5, 0.6) is 0 Å². The Morgan fingerprint density at radius 3 is 2.30 bits per heavy atom. The molecular formula is C24H27F4N3O5S. The molecule has 0 bridgehead atoms. The summed E-state index contributed by atoms with van der Waals surface area (Å²) in [5.74, 6) is -6.89. The lowest BCUT2D eigenvalue weighted by atomic mass is 10.1. The maximum atomic E-state index is 14.7. The number of alkyl carbamates (subject to hydrolysis) is 1. The van der Waals surface area contributed by atoms with Crippen LogP contribution >= 0.6 is 0 Å². The van der Waals surface area contributed by atoms with Gasteiger partial charge < -0.3 is 15.4 Å². The van der Waals surface area contributed by atoms with E-state index in [1.165, 1.54) is 0 Å². The Kier molecular flexibility index (Phi) is 8.48. The first kappa shape index (κ1) is 28.4. The number of hydrogen-bond donors (Lipinski definition) is 2. The maximum Gasteiger partial charge on any atom is 0.407 e. The SMILES string of the molecule is CC(C)(C)OC(=O)NCC1CCCCN1S(=O)(=O)c1cc(C(=O)Nc2cc(F)c(F)c(F)c2)ccc1F. The molecule has 2 aromatic rings. The zero-order valence-corrected chi connectivity index (χ0v) is 21.2. The second-order valence-electron chi connectivity index (χ2n) is 9.50. The molecule has 1 saturated heterocycles. The van der Waals surface area contributed by atoms with E-state index in [0.717, 1.165) is 22.5 Å². The number of sulfonamides is 1. The van der Waals surface area contributed by atoms with Crippen LogP contribution in [0.15, 0.2) is 35.2 Å². The predicted molar refractivity (Wildman–Crippen MR) is 126 cm³/mol. The number of anilines is 1. The van der Waals surface area contributed by atoms with Gasteiger partial charge in [-0.1, -0.05) is 6.42 Å². The van der Waals surface area contributed by atoms with E-state index >= 15 is 0 Å². The molecule has 0 spiro atoms. The molecule has 1 fully saturated rings. The monoisotopic (exact) mass is 545 g/mol. The van der Waals surface area contributed by atoms with Gasteiger partial charge in [-0.3, -0.25) is 4.79 Å². The second-order valence-corrected chi connectivity index (χ2v) is 11.4. The molecule has 13 heteroatoms. The fourth-order valence-corrected chi connectivity index (χ4v) is 5.59. The van der Waals surface area contributed by atoms with Crippen molar-refractivity contribution in [1.29, 1.82) is 0 Å². The van der Waals surface area contributed by atoms with Gasteiger partial charge in [-0.2, -0.15) is 4.31 Å². The zero-order valence-electron chi connectivity index (χ0n) is 20.4. The third-order valence-corrected chi connectivity index (χ3v) is 7.44. The van der Waals surface area contributed by atoms with Crippen molar-refractivity contribution < 1.29 is 40.3 Å². The van der Waals surface area contributed by atoms with Gasteiger partial charge in [0.15, 0.2) is 17.5 Å². The van der Waals surface area contributed by atoms with Gasteiger partial charge in [-0.05, 0) is 51.8 Å². The summed E-state index contributed by atoms with van der Waals surface area (Å²) >= 11 is 0. The smallest absolute Gasteiger partial charge is 0.407 e. The van der Waals surface area contributed by atoms with E-state index in [1.54, 1.807) is 20.8 Å². The van der Waals surface area contributed by atoms with Crippen molar-refractivity contribution in [3.63, 3.8) is 0 Å². The van der Waals surface area contributed by atoms with E-state index in [2.05, 4.69) is 10.6 Å². The molecule has 8 nitrogen and oxygen atoms in total. The molecule has 2 amide bonds. The largest absolute Gasteiger partial charge is 0.444 e. The number of carbonyl (C=O) groups is 2. The van der Waals surface area contributed by atoms with Crippen LogP contribution < -0.4 is 10.6 Å². The lowest BCUT2D eigenvalue weighted by Crippen LogP contribution is -2.50. The van der Waals surface area contributed by atoms with Gasteiger partial charge in [0.05, 0.1) is 0 Å². The summed E-state index contributed by atoms with van der Waals surface area (Å²) in [6.07, 6.45) is 0.862. The third-order valence-electron chi connectivity index (χ3n) is 5.48. The number of ether oxygens (including phenoxy) is 1. The summed E-state index contributed by atoms with van der Waals surface area (Å²) < 4.78 is 87.9. The van der Waals surface area contributed by atoms with Gasteiger partial charge in [-0.25, -0.2) is 30.8 Å². The van der Waals surface area contributed by atoms with Crippen molar-refractivity contribution in [2.45, 2.75) is 56.6 Å². The molecule has 1 heterocycles. The van der Waals surface area contributed by atoms with E-state index in [1.807, 2.05) is 0 Å². The number of hydrogen-bond acceptors (Lipinski definition) is 5. The van der Waals surface area contributed by atoms with Crippen LogP contribution in [-0.4, -0.2) is 49.5 Å². The molecule has 2 aromatic carbocycles. The van der Waals surface area contributed by atoms with Gasteiger partial charge in [0.1, 0.15) is 16.3 Å². The first-order valence-corrected chi connectivity index (χ1v) is 12.9. The number of nitrogens with one attached hydrogen (secondary N) is 2. The van der Waals surface area contributed by atoms with Crippen LogP contribution in [0.1, 0.15) is 50.4 Å². The van der Waals surface area contributed by atoms with Crippen LogP contribution in [0, 0.1) is 23.3 Å². The van der Waals surface area contributed by atoms with Crippen molar-refractivity contribution in [3.05, 3.63) is 59.2 Å². The first-order valence-electron chi connectivity index (χ1n) is 11.4. The minimum absolute atomic E-state index is 0.0625. The highest BCUT2D eigenvalue weighted by molar-refractivity contribution is 7.89. The molecular weight excluding hydrogens is 518 g/mol. The molecule has 1 atom stereocenters. The summed E-state index contributed by atoms with van der Waals surface area (Å²) in [5.41, 5.74) is -1.48. The Hall–Kier alpha value is -3.19. The number of rotatable bonds is 6. The molecule has 37 heavy (non-hydrogen) atoms. The standard InChI is InChI=1S/C24H27F4N3O5S/c1-24(2,3)36-23(33)29-13-16-6-4-5-9-31(16)37(34,35)20-10-14(7-8-17(20)25)22(32)30-15-11-18(26)21(28)19(27)12-15/h7-8,10-12,16H,4-6,9,13H2,1-3H3,(H,29,33)(H,30,32). The highest BCUT2D eigenvalue weighted by atomic mass is 32.2. The minimum Gasteiger partial charge on any atom is -0.444 e. The van der Waals surface area contributed by atoms with E-state index in [4.69, 9.17) is 4.74 Å². The average molecular weight is 546 g/mol. The lowest BCUT2D eigenvalue weighted by molar-refractivity contribution is 0.0511. The third kappa shape index (κ3) is 6.98. The summed E-state index contributed by atoms with van der Waals surface area (Å²) in [5, 5.41) is 4.66. The van der Waals surface area contributed by atoms with Crippen LogP contribution in [0.25, 0.3) is 0 Å². The quantitative estimate of drug-likeness (QED) is 0.409. The van der Waals surface area contributed by atoms with Gasteiger partial charge in [0, 0.05) is 42.5 Å². The van der Waals surface area contributed by atoms with Crippen LogP contribution in [0.3, 0.4) is 0 Å². The number of halogens is 4. The number of benzene rings is 2. The lowest BCUT2D eigenvalue weighted by Gasteiger charge is -2.35. The fraction of sp³-hybridized carbons (Fsp3) is 0.417. The summed E-state index contributed by atoms with van der Waals surface area (Å²) in [6.45, 7) is 5.03. The fourth-order valence-electron chi connectivity index (χ4n) is 3.81. The minimum atomic E-state index is -4.46. The van der Waals surface area contributed by atoms with Crippen molar-refractivity contribution >= 4 is 27.7 Å². The number of amides is 2. The Morgan fingerprint density at radius 1 is 1.03 bits per heavy atom. The summed E-state index contributed by atoms with van der Waals surface area (Å²) in [6, 6.07) is 3.00. The van der Waals surface area contributed by atoms with Gasteiger partial charge >= 0.3 is 6.09 Å². The highest BCUT2D eigenvalue weighted by Gasteiger charge is 2.36. The summed E-state index contributed by atoms with van der Waals surface area (Å²) in [7, 11) is -4.46. The van der Waals surface area contributed by atoms with Crippen molar-refractivity contribution in [2.75, 3.05) is 18.4 Å². The van der Waals surface area contributed by atoms with Crippen molar-refractivity contribution in [2.24, 2.45) is 0 Å². The Bertz CT molecular complexity index is 1270. The topological polar surface area (TPSA) is 105 Å². The van der Waals surface area contributed by atoms with E-state index < -0.39 is 67.5 Å². The normalized spacial score (nSPS) is 16.8. The number of piperidine rings is 1. The zero-order chi connectivity index (χ0) is 27.5. The molecule has 0 aliphatic carbocycles. The molecule has 1 aliphatic rings. The van der Waals surface area contributed by atoms with Gasteiger partial charge in [-0.15, -0.1) is 0 Å². The molecule has 1 aliphatic heterocycles. The Balaban J connectivity index is 1.83. The molecule has 1 unspecified atom stereocenters. The predicted octanol–water partition coefficient (Wildman–Crippen LogP) is 4.56. The van der Waals surface area contributed by atoms with Crippen LogP contribution in [-0.2, 0) is 14.8 Å². The first-order chi connectivity index (χ1) is 17.2. The van der Waals surface area contributed by atoms with Crippen molar-refractivity contribution in [1.82, 2.24) is 9.62 Å². The Labute approximate surface area is 212 Å². The maximum absolute atomic E-state index is 14.7. The molecule has 0 saturated carbocycles.